The zero-order valence-electron chi connectivity index (χ0n) is 15.7. The summed E-state index contributed by atoms with van der Waals surface area (Å²) in [5, 5.41) is 20.3. The SMILES string of the molecule is O=c1ccn([C@@H]2O[C@H](COP(=O)([O-])OP(=O)([O-])Oc3cccc(Cl)c3)[C@@H](O)[C@H]2O)c(=O)[nH]1. The summed E-state index contributed by atoms with van der Waals surface area (Å²) in [5.74, 6) is -0.317. The predicted octanol–water partition coefficient (Wildman–Crippen LogP) is -1.14. The zero-order valence-corrected chi connectivity index (χ0v) is 18.2. The van der Waals surface area contributed by atoms with Gasteiger partial charge in [-0.1, -0.05) is 17.7 Å². The number of hydrogen-bond donors (Lipinski definition) is 3. The monoisotopic (exact) mass is 512 g/mol. The summed E-state index contributed by atoms with van der Waals surface area (Å²) < 4.78 is 42.6. The van der Waals surface area contributed by atoms with Gasteiger partial charge in [-0.25, -0.2) is 9.11 Å². The predicted molar refractivity (Wildman–Crippen MR) is 102 cm³/mol. The van der Waals surface area contributed by atoms with E-state index in [1.54, 1.807) is 0 Å². The molecule has 0 bridgehead atoms. The molecule has 1 fully saturated rings. The van der Waals surface area contributed by atoms with Crippen molar-refractivity contribution in [2.45, 2.75) is 24.5 Å². The number of hydrogen-bond acceptors (Lipinski definition) is 12. The average Bonchev–Trinajstić information content (AvgIpc) is 2.93. The smallest absolute Gasteiger partial charge is 0.330 e. The molecule has 32 heavy (non-hydrogen) atoms. The molecular weight excluding hydrogens is 498 g/mol. The van der Waals surface area contributed by atoms with Gasteiger partial charge in [0.1, 0.15) is 24.1 Å². The van der Waals surface area contributed by atoms with Crippen LogP contribution in [-0.2, 0) is 22.7 Å². The first kappa shape index (κ1) is 24.8. The van der Waals surface area contributed by atoms with Crippen molar-refractivity contribution < 1.29 is 47.2 Å². The Morgan fingerprint density at radius 2 is 1.88 bits per heavy atom. The number of nitrogens with one attached hydrogen (secondary N) is 1. The van der Waals surface area contributed by atoms with E-state index in [0.717, 1.165) is 22.9 Å². The molecule has 14 nitrogen and oxygen atoms in total. The van der Waals surface area contributed by atoms with Crippen molar-refractivity contribution in [2.75, 3.05) is 6.61 Å². The van der Waals surface area contributed by atoms with Gasteiger partial charge in [0, 0.05) is 17.3 Å². The molecule has 17 heteroatoms. The van der Waals surface area contributed by atoms with Crippen molar-refractivity contribution in [1.82, 2.24) is 9.55 Å². The average molecular weight is 513 g/mol. The van der Waals surface area contributed by atoms with Crippen LogP contribution in [0.25, 0.3) is 0 Å². The van der Waals surface area contributed by atoms with E-state index in [1.807, 2.05) is 4.98 Å². The van der Waals surface area contributed by atoms with Gasteiger partial charge in [0.25, 0.3) is 13.4 Å². The molecule has 0 saturated carbocycles. The summed E-state index contributed by atoms with van der Waals surface area (Å²) in [4.78, 5) is 48.6. The number of halogens is 1. The molecule has 2 unspecified atom stereocenters. The number of H-pyrrole nitrogens is 1. The van der Waals surface area contributed by atoms with E-state index in [-0.39, 0.29) is 10.8 Å². The Morgan fingerprint density at radius 1 is 1.16 bits per heavy atom. The Balaban J connectivity index is 1.63. The fourth-order valence-corrected chi connectivity index (χ4v) is 4.89. The summed E-state index contributed by atoms with van der Waals surface area (Å²) in [6, 6.07) is 6.00. The van der Waals surface area contributed by atoms with Gasteiger partial charge >= 0.3 is 13.5 Å². The fourth-order valence-electron chi connectivity index (χ4n) is 2.70. The number of aliphatic hydroxyl groups excluding tert-OH is 2. The lowest BCUT2D eigenvalue weighted by atomic mass is 10.1. The number of aromatic nitrogens is 2. The van der Waals surface area contributed by atoms with E-state index in [9.17, 15) is 38.7 Å². The van der Waals surface area contributed by atoms with Gasteiger partial charge in [-0.2, -0.15) is 0 Å². The lowest BCUT2D eigenvalue weighted by Gasteiger charge is -2.31. The first-order chi connectivity index (χ1) is 14.9. The van der Waals surface area contributed by atoms with Crippen LogP contribution in [0, 0.1) is 0 Å². The van der Waals surface area contributed by atoms with Crippen LogP contribution in [0.15, 0.2) is 46.1 Å². The highest BCUT2D eigenvalue weighted by Gasteiger charge is 2.44. The standard InChI is InChI=1S/C15H17ClN2O12P2/c16-8-2-1-3-9(6-8)29-32(25,26)30-31(23,24)27-7-10-12(20)13(21)14(28-10)18-5-4-11(19)17-15(18)22/h1-6,10,12-14,20-21H,7H2,(H,23,24)(H,25,26)(H,17,19,22)/p-2/t10-,12-,13-,14-/m1/s1. The summed E-state index contributed by atoms with van der Waals surface area (Å²) in [5.41, 5.74) is -1.68. The largest absolute Gasteiger partial charge is 0.756 e. The lowest BCUT2D eigenvalue weighted by molar-refractivity contribution is -0.241. The van der Waals surface area contributed by atoms with Gasteiger partial charge < -0.3 is 33.8 Å². The number of phosphoric ester groups is 2. The van der Waals surface area contributed by atoms with Crippen LogP contribution in [0.1, 0.15) is 6.23 Å². The maximum Gasteiger partial charge on any atom is 0.330 e. The van der Waals surface area contributed by atoms with Crippen LogP contribution >= 0.6 is 27.2 Å². The number of ether oxygens (including phenoxy) is 1. The quantitative estimate of drug-likeness (QED) is 0.358. The first-order valence-corrected chi connectivity index (χ1v) is 11.9. The summed E-state index contributed by atoms with van der Waals surface area (Å²) >= 11 is 5.68. The van der Waals surface area contributed by atoms with E-state index in [2.05, 4.69) is 13.4 Å². The lowest BCUT2D eigenvalue weighted by Crippen LogP contribution is -2.37. The highest BCUT2D eigenvalue weighted by Crippen LogP contribution is 2.55. The number of benzene rings is 1. The fraction of sp³-hybridized carbons (Fsp3) is 0.333. The molecule has 0 aliphatic carbocycles. The maximum absolute atomic E-state index is 11.9. The van der Waals surface area contributed by atoms with Crippen molar-refractivity contribution in [2.24, 2.45) is 0 Å². The number of phosphoric acid groups is 2. The van der Waals surface area contributed by atoms with Crippen LogP contribution in [0.5, 0.6) is 5.75 Å². The summed E-state index contributed by atoms with van der Waals surface area (Å²) in [7, 11) is -11.0. The number of aromatic amines is 1. The number of nitrogens with zero attached hydrogens (tertiary/aromatic N) is 1. The van der Waals surface area contributed by atoms with Crippen LogP contribution in [0.2, 0.25) is 5.02 Å². The van der Waals surface area contributed by atoms with Crippen molar-refractivity contribution in [1.29, 1.82) is 0 Å². The number of aliphatic hydroxyl groups is 2. The molecule has 3 N–H and O–H groups in total. The Kier molecular flexibility index (Phi) is 7.42. The van der Waals surface area contributed by atoms with Crippen molar-refractivity contribution in [3.63, 3.8) is 0 Å². The normalized spacial score (nSPS) is 26.9. The molecule has 6 atom stereocenters. The zero-order chi connectivity index (χ0) is 23.7. The molecular formula is C15H15ClN2O12P2-2. The van der Waals surface area contributed by atoms with E-state index in [4.69, 9.17) is 16.3 Å². The second kappa shape index (κ2) is 9.57. The second-order valence-electron chi connectivity index (χ2n) is 6.38. The highest BCUT2D eigenvalue weighted by atomic mass is 35.5. The second-order valence-corrected chi connectivity index (χ2v) is 9.70. The highest BCUT2D eigenvalue weighted by molar-refractivity contribution is 7.60. The molecule has 1 aromatic carbocycles. The van der Waals surface area contributed by atoms with Gasteiger partial charge in [0.15, 0.2) is 6.23 Å². The Morgan fingerprint density at radius 3 is 2.53 bits per heavy atom. The van der Waals surface area contributed by atoms with Gasteiger partial charge in [-0.05, 0) is 18.2 Å². The van der Waals surface area contributed by atoms with Gasteiger partial charge in [0.2, 0.25) is 0 Å². The molecule has 0 radical (unpaired) electrons. The Labute approximate surface area is 183 Å². The molecule has 0 spiro atoms. The molecule has 0 amide bonds. The van der Waals surface area contributed by atoms with Gasteiger partial charge in [-0.3, -0.25) is 23.5 Å². The molecule has 1 aliphatic rings. The third-order valence-corrected chi connectivity index (χ3v) is 6.81. The summed E-state index contributed by atoms with van der Waals surface area (Å²) in [6.45, 7) is -0.981. The summed E-state index contributed by atoms with van der Waals surface area (Å²) in [6.07, 6.45) is -5.46. The van der Waals surface area contributed by atoms with E-state index in [1.165, 1.54) is 18.2 Å². The molecule has 2 aromatic rings. The minimum Gasteiger partial charge on any atom is -0.756 e. The maximum atomic E-state index is 11.9. The van der Waals surface area contributed by atoms with Crippen LogP contribution in [0.4, 0.5) is 0 Å². The molecule has 1 saturated heterocycles. The van der Waals surface area contributed by atoms with Crippen molar-refractivity contribution in [3.8, 4) is 5.75 Å². The Bertz CT molecular complexity index is 1190. The van der Waals surface area contributed by atoms with E-state index in [0.29, 0.717) is 0 Å². The van der Waals surface area contributed by atoms with E-state index < -0.39 is 58.0 Å². The van der Waals surface area contributed by atoms with Gasteiger partial charge in [0.05, 0.1) is 6.61 Å². The third-order valence-electron chi connectivity index (χ3n) is 4.07. The third kappa shape index (κ3) is 6.15. The Hall–Kier alpha value is -1.83. The van der Waals surface area contributed by atoms with Crippen molar-refractivity contribution in [3.05, 3.63) is 62.4 Å². The molecule has 1 aliphatic heterocycles. The molecule has 1 aromatic heterocycles. The van der Waals surface area contributed by atoms with Gasteiger partial charge in [-0.15, -0.1) is 0 Å². The van der Waals surface area contributed by atoms with Crippen LogP contribution in [0.3, 0.4) is 0 Å². The number of rotatable bonds is 8. The van der Waals surface area contributed by atoms with E-state index >= 15 is 0 Å². The molecule has 2 heterocycles. The molecule has 3 rings (SSSR count). The van der Waals surface area contributed by atoms with Crippen LogP contribution < -0.4 is 25.6 Å². The first-order valence-electron chi connectivity index (χ1n) is 8.63. The molecule has 176 valence electrons. The minimum absolute atomic E-state index is 0.117. The topological polar surface area (TPSA) is 212 Å². The van der Waals surface area contributed by atoms with Crippen molar-refractivity contribution >= 4 is 27.2 Å². The minimum atomic E-state index is -5.54. The van der Waals surface area contributed by atoms with Crippen LogP contribution in [-0.4, -0.2) is 44.7 Å².